The van der Waals surface area contributed by atoms with Crippen LogP contribution in [0.25, 0.3) is 0 Å². The van der Waals surface area contributed by atoms with Crippen molar-refractivity contribution >= 4 is 33.1 Å². The van der Waals surface area contributed by atoms with Crippen LogP contribution in [0.5, 0.6) is 0 Å². The molecule has 12 heteroatoms. The molecule has 40 heavy (non-hydrogen) atoms. The van der Waals surface area contributed by atoms with Crippen LogP contribution in [0.15, 0.2) is 36.6 Å². The summed E-state index contributed by atoms with van der Waals surface area (Å²) < 4.78 is 16.7. The highest BCUT2D eigenvalue weighted by atomic mass is 28.3. The van der Waals surface area contributed by atoms with Gasteiger partial charge in [0, 0.05) is 26.7 Å². The molecule has 0 bridgehead atoms. The molecule has 1 fully saturated rings. The number of ether oxygens (including phenoxy) is 2. The molecule has 0 saturated carbocycles. The molecule has 1 N–H and O–H groups in total. The van der Waals surface area contributed by atoms with E-state index in [0.29, 0.717) is 12.0 Å². The van der Waals surface area contributed by atoms with Gasteiger partial charge in [-0.25, -0.2) is 14.4 Å². The zero-order valence-corrected chi connectivity index (χ0v) is 26.1. The van der Waals surface area contributed by atoms with Crippen LogP contribution in [0.2, 0.25) is 13.1 Å². The van der Waals surface area contributed by atoms with Crippen molar-refractivity contribution in [2.24, 2.45) is 11.3 Å². The van der Waals surface area contributed by atoms with Crippen molar-refractivity contribution < 1.29 is 38.2 Å². The molecule has 1 saturated heterocycles. The van der Waals surface area contributed by atoms with Crippen LogP contribution in [-0.4, -0.2) is 104 Å². The molecule has 2 rings (SSSR count). The minimum Gasteiger partial charge on any atom is -0.477 e. The molecule has 0 aromatic heterocycles. The maximum atomic E-state index is 13.5. The number of β-lactam (4-membered cyclic amide) rings is 1. The first-order chi connectivity index (χ1) is 18.6. The molecule has 224 valence electrons. The monoisotopic (exact) mass is 579 g/mol. The zero-order valence-electron chi connectivity index (χ0n) is 24.9. The van der Waals surface area contributed by atoms with Crippen molar-refractivity contribution in [3.8, 4) is 0 Å². The lowest BCUT2D eigenvalue weighted by Gasteiger charge is -2.57. The predicted molar refractivity (Wildman–Crippen MR) is 153 cm³/mol. The smallest absolute Gasteiger partial charge is 0.410 e. The molecule has 0 aromatic rings. The number of carboxylic acids is 1. The first kappa shape index (κ1) is 33.1. The summed E-state index contributed by atoms with van der Waals surface area (Å²) in [4.78, 5) is 54.8. The summed E-state index contributed by atoms with van der Waals surface area (Å²) in [6.45, 7) is 19.8. The Morgan fingerprint density at radius 3 is 2.12 bits per heavy atom. The number of fused-ring (bicyclic) bond motifs is 1. The predicted octanol–water partition coefficient (Wildman–Crippen LogP) is 3.63. The third-order valence-corrected chi connectivity index (χ3v) is 8.59. The number of carboxylic acid groups (broad SMARTS) is 1. The number of aliphatic carboxylic acids is 1. The first-order valence-electron chi connectivity index (χ1n) is 13.6. The SMILES string of the molecule is C=CCOC(=O)N(C)CCN(CCC1=C(C(=O)O)N2C(=O)[C@H]([C@@](C)(O[SiH](C)C)C(C)(C)C)[C@H]2C1)C(=O)OCC=C. The van der Waals surface area contributed by atoms with E-state index in [0.717, 1.165) is 0 Å². The van der Waals surface area contributed by atoms with E-state index in [1.807, 2.05) is 27.7 Å². The molecule has 0 unspecified atom stereocenters. The third kappa shape index (κ3) is 7.14. The van der Waals surface area contributed by atoms with Gasteiger partial charge < -0.3 is 33.7 Å². The second-order valence-corrected chi connectivity index (χ2v) is 14.0. The molecular formula is C28H45N3O8Si. The van der Waals surface area contributed by atoms with Crippen LogP contribution in [0.1, 0.15) is 40.5 Å². The number of hydrogen-bond donors (Lipinski definition) is 1. The molecule has 2 aliphatic rings. The average molecular weight is 580 g/mol. The van der Waals surface area contributed by atoms with E-state index in [-0.39, 0.29) is 62.3 Å². The Labute approximate surface area is 239 Å². The van der Waals surface area contributed by atoms with Crippen LogP contribution in [0.3, 0.4) is 0 Å². The summed E-state index contributed by atoms with van der Waals surface area (Å²) in [6.07, 6.45) is 2.34. The van der Waals surface area contributed by atoms with Gasteiger partial charge in [0.05, 0.1) is 17.6 Å². The lowest BCUT2D eigenvalue weighted by atomic mass is 9.63. The standard InChI is InChI=1S/C28H45N3O8Si/c1-10-16-37-25(35)29(7)14-15-30(26(36)38-17-11-2)13-12-19-18-20-21(23(32)31(20)22(19)24(33)34)28(6,27(3,4)5)39-40(8)9/h10-11,20-21,40H,1-2,12-18H2,3-9H3,(H,33,34)/t20-,21-,28-/m1/s1. The fourth-order valence-corrected chi connectivity index (χ4v) is 6.70. The minimum atomic E-state index is -1.53. The zero-order chi connectivity index (χ0) is 30.4. The first-order valence-corrected chi connectivity index (χ1v) is 16.4. The summed E-state index contributed by atoms with van der Waals surface area (Å²) in [5.74, 6) is -1.89. The van der Waals surface area contributed by atoms with Gasteiger partial charge in [-0.1, -0.05) is 46.1 Å². The number of carbonyl (C=O) groups excluding carboxylic acids is 3. The highest BCUT2D eigenvalue weighted by molar-refractivity contribution is 6.48. The van der Waals surface area contributed by atoms with Crippen LogP contribution >= 0.6 is 0 Å². The number of carbonyl (C=O) groups is 4. The maximum Gasteiger partial charge on any atom is 0.410 e. The fraction of sp³-hybridized carbons (Fsp3) is 0.643. The number of amides is 3. The summed E-state index contributed by atoms with van der Waals surface area (Å²) >= 11 is 0. The molecular weight excluding hydrogens is 534 g/mol. The number of hydrogen-bond acceptors (Lipinski definition) is 7. The Bertz CT molecular complexity index is 1040. The Hall–Kier alpha value is -3.12. The summed E-state index contributed by atoms with van der Waals surface area (Å²) in [6, 6.07) is -0.322. The van der Waals surface area contributed by atoms with E-state index >= 15 is 0 Å². The van der Waals surface area contributed by atoms with Crippen LogP contribution in [0.4, 0.5) is 9.59 Å². The van der Waals surface area contributed by atoms with Gasteiger partial charge in [-0.15, -0.1) is 0 Å². The number of likely N-dealkylation sites (N-methyl/N-ethyl adjacent to an activating group) is 1. The summed E-state index contributed by atoms with van der Waals surface area (Å²) in [7, 11) is 0.0127. The topological polar surface area (TPSA) is 126 Å². The fourth-order valence-electron chi connectivity index (χ4n) is 5.22. The van der Waals surface area contributed by atoms with E-state index in [1.54, 1.807) is 7.05 Å². The van der Waals surface area contributed by atoms with E-state index < -0.39 is 38.7 Å². The second kappa shape index (κ2) is 13.5. The summed E-state index contributed by atoms with van der Waals surface area (Å²) in [5.41, 5.74) is -0.538. The lowest BCUT2D eigenvalue weighted by molar-refractivity contribution is -0.180. The van der Waals surface area contributed by atoms with Gasteiger partial charge in [0.15, 0.2) is 9.04 Å². The maximum absolute atomic E-state index is 13.5. The van der Waals surface area contributed by atoms with Crippen molar-refractivity contribution in [2.75, 3.05) is 39.9 Å². The number of nitrogens with zero attached hydrogens (tertiary/aromatic N) is 3. The summed E-state index contributed by atoms with van der Waals surface area (Å²) in [5, 5.41) is 10.1. The lowest BCUT2D eigenvalue weighted by Crippen LogP contribution is -2.70. The normalized spacial score (nSPS) is 19.9. The highest BCUT2D eigenvalue weighted by Crippen LogP contribution is 2.53. The van der Waals surface area contributed by atoms with Crippen LogP contribution in [-0.2, 0) is 23.5 Å². The van der Waals surface area contributed by atoms with Crippen LogP contribution < -0.4 is 0 Å². The Kier molecular flexibility index (Phi) is 11.2. The van der Waals surface area contributed by atoms with E-state index in [4.69, 9.17) is 13.9 Å². The van der Waals surface area contributed by atoms with Crippen molar-refractivity contribution in [2.45, 2.75) is 65.3 Å². The van der Waals surface area contributed by atoms with E-state index in [2.05, 4.69) is 26.3 Å². The quantitative estimate of drug-likeness (QED) is 0.188. The molecule has 0 aromatic carbocycles. The van der Waals surface area contributed by atoms with Gasteiger partial charge in [0.2, 0.25) is 5.91 Å². The van der Waals surface area contributed by atoms with Gasteiger partial charge in [0.1, 0.15) is 18.9 Å². The molecule has 0 spiro atoms. The van der Waals surface area contributed by atoms with Gasteiger partial charge in [0.25, 0.3) is 0 Å². The molecule has 3 atom stereocenters. The molecule has 3 amide bonds. The Morgan fingerprint density at radius 1 is 1.05 bits per heavy atom. The van der Waals surface area contributed by atoms with E-state index in [1.165, 1.54) is 26.9 Å². The molecule has 0 radical (unpaired) electrons. The molecule has 0 aliphatic carbocycles. The Morgan fingerprint density at radius 2 is 1.62 bits per heavy atom. The van der Waals surface area contributed by atoms with Gasteiger partial charge in [-0.05, 0) is 43.8 Å². The Balaban J connectivity index is 2.23. The number of rotatable bonds is 14. The van der Waals surface area contributed by atoms with Gasteiger partial charge >= 0.3 is 18.2 Å². The second-order valence-electron chi connectivity index (χ2n) is 11.6. The third-order valence-electron chi connectivity index (χ3n) is 7.63. The van der Waals surface area contributed by atoms with Crippen molar-refractivity contribution in [3.05, 3.63) is 36.6 Å². The van der Waals surface area contributed by atoms with Crippen molar-refractivity contribution in [1.82, 2.24) is 14.7 Å². The molecule has 2 heterocycles. The molecule has 11 nitrogen and oxygen atoms in total. The van der Waals surface area contributed by atoms with Crippen molar-refractivity contribution in [3.63, 3.8) is 0 Å². The van der Waals surface area contributed by atoms with Crippen molar-refractivity contribution in [1.29, 1.82) is 0 Å². The van der Waals surface area contributed by atoms with Gasteiger partial charge in [-0.3, -0.25) is 4.79 Å². The minimum absolute atomic E-state index is 0.00616. The molecule has 2 aliphatic heterocycles. The largest absolute Gasteiger partial charge is 0.477 e. The van der Waals surface area contributed by atoms with Crippen LogP contribution in [0, 0.1) is 11.3 Å². The van der Waals surface area contributed by atoms with Gasteiger partial charge in [-0.2, -0.15) is 0 Å². The average Bonchev–Trinajstić information content (AvgIpc) is 3.18. The van der Waals surface area contributed by atoms with E-state index in [9.17, 15) is 24.3 Å². The highest BCUT2D eigenvalue weighted by Gasteiger charge is 2.64.